The summed E-state index contributed by atoms with van der Waals surface area (Å²) in [6.07, 6.45) is 8.39. The Morgan fingerprint density at radius 2 is 1.92 bits per heavy atom. The van der Waals surface area contributed by atoms with Gasteiger partial charge in [0, 0.05) is 36.1 Å². The molecule has 6 rings (SSSR count). The maximum Gasteiger partial charge on any atom is 0.255 e. The lowest BCUT2D eigenvalue weighted by Crippen LogP contribution is -2.20. The van der Waals surface area contributed by atoms with E-state index in [1.165, 1.54) is 0 Å². The molecule has 0 fully saturated rings. The van der Waals surface area contributed by atoms with E-state index in [0.717, 1.165) is 28.1 Å². The van der Waals surface area contributed by atoms with Crippen LogP contribution in [0.2, 0.25) is 0 Å². The number of ether oxygens (including phenoxy) is 1. The van der Waals surface area contributed by atoms with Crippen LogP contribution in [0.4, 0.5) is 5.69 Å². The summed E-state index contributed by atoms with van der Waals surface area (Å²) in [6.45, 7) is 2.49. The van der Waals surface area contributed by atoms with Gasteiger partial charge in [0.15, 0.2) is 5.65 Å². The van der Waals surface area contributed by atoms with Crippen molar-refractivity contribution in [2.45, 2.75) is 19.6 Å². The maximum absolute atomic E-state index is 12.8. The number of tetrazole rings is 1. The van der Waals surface area contributed by atoms with Crippen molar-refractivity contribution in [3.8, 4) is 28.1 Å². The average Bonchev–Trinajstić information content (AvgIpc) is 3.70. The standard InChI is InChI=1S/C27H24N10O2/c1-18(15-36-17-28-33-34-36)39-23-8-4-6-20(12-23)25-9-10-37-26(32-25)24(14-30-37)19-5-3-7-21(11-19)27(38)31-22-13-29-35(2)16-22/h3-14,16-18H,15H2,1-2H3,(H,31,38)/t18-/m0/s1. The van der Waals surface area contributed by atoms with Crippen LogP contribution in [0.1, 0.15) is 17.3 Å². The lowest BCUT2D eigenvalue weighted by molar-refractivity contribution is 0.102. The van der Waals surface area contributed by atoms with E-state index in [-0.39, 0.29) is 12.0 Å². The number of amides is 1. The molecular formula is C27H24N10O2. The third-order valence-electron chi connectivity index (χ3n) is 6.07. The van der Waals surface area contributed by atoms with Crippen LogP contribution >= 0.6 is 0 Å². The highest BCUT2D eigenvalue weighted by atomic mass is 16.5. The zero-order chi connectivity index (χ0) is 26.8. The highest BCUT2D eigenvalue weighted by molar-refractivity contribution is 6.05. The van der Waals surface area contributed by atoms with E-state index >= 15 is 0 Å². The van der Waals surface area contributed by atoms with Gasteiger partial charge in [0.25, 0.3) is 5.91 Å². The molecule has 4 heterocycles. The molecule has 2 aromatic carbocycles. The van der Waals surface area contributed by atoms with Gasteiger partial charge < -0.3 is 10.1 Å². The molecule has 39 heavy (non-hydrogen) atoms. The number of hydrogen-bond acceptors (Lipinski definition) is 8. The van der Waals surface area contributed by atoms with Crippen molar-refractivity contribution in [1.29, 1.82) is 0 Å². The van der Waals surface area contributed by atoms with Gasteiger partial charge in [-0.25, -0.2) is 14.2 Å². The fourth-order valence-corrected chi connectivity index (χ4v) is 4.28. The number of carbonyl (C=O) groups excluding carboxylic acids is 1. The first-order valence-electron chi connectivity index (χ1n) is 12.2. The van der Waals surface area contributed by atoms with E-state index in [2.05, 4.69) is 31.0 Å². The highest BCUT2D eigenvalue weighted by Gasteiger charge is 2.14. The molecule has 1 amide bonds. The molecule has 1 atom stereocenters. The topological polar surface area (TPSA) is 130 Å². The quantitative estimate of drug-likeness (QED) is 0.323. The summed E-state index contributed by atoms with van der Waals surface area (Å²) in [7, 11) is 1.80. The van der Waals surface area contributed by atoms with Crippen LogP contribution in [0.5, 0.6) is 5.75 Å². The van der Waals surface area contributed by atoms with Gasteiger partial charge in [-0.15, -0.1) is 5.10 Å². The Labute approximate surface area is 222 Å². The molecule has 0 unspecified atom stereocenters. The molecule has 12 heteroatoms. The minimum atomic E-state index is -0.221. The molecule has 0 aliphatic rings. The normalized spacial score (nSPS) is 11.9. The second-order valence-corrected chi connectivity index (χ2v) is 9.06. The van der Waals surface area contributed by atoms with Crippen molar-refractivity contribution in [2.24, 2.45) is 7.05 Å². The lowest BCUT2D eigenvalue weighted by Gasteiger charge is -2.15. The second-order valence-electron chi connectivity index (χ2n) is 9.06. The molecule has 0 radical (unpaired) electrons. The summed E-state index contributed by atoms with van der Waals surface area (Å²) < 4.78 is 11.1. The number of rotatable bonds is 8. The summed E-state index contributed by atoms with van der Waals surface area (Å²) in [4.78, 5) is 17.7. The lowest BCUT2D eigenvalue weighted by atomic mass is 10.0. The zero-order valence-corrected chi connectivity index (χ0v) is 21.2. The van der Waals surface area contributed by atoms with Gasteiger partial charge in [0.05, 0.1) is 30.3 Å². The van der Waals surface area contributed by atoms with E-state index in [4.69, 9.17) is 9.72 Å². The fourth-order valence-electron chi connectivity index (χ4n) is 4.28. The highest BCUT2D eigenvalue weighted by Crippen LogP contribution is 2.28. The van der Waals surface area contributed by atoms with Crippen molar-refractivity contribution in [1.82, 2.24) is 44.6 Å². The monoisotopic (exact) mass is 520 g/mol. The smallest absolute Gasteiger partial charge is 0.255 e. The Bertz CT molecular complexity index is 1760. The van der Waals surface area contributed by atoms with E-state index < -0.39 is 0 Å². The third kappa shape index (κ3) is 5.21. The molecular weight excluding hydrogens is 496 g/mol. The number of aromatic nitrogens is 9. The largest absolute Gasteiger partial charge is 0.489 e. The zero-order valence-electron chi connectivity index (χ0n) is 21.2. The molecule has 0 spiro atoms. The number of nitrogens with zero attached hydrogens (tertiary/aromatic N) is 9. The van der Waals surface area contributed by atoms with Gasteiger partial charge in [0.2, 0.25) is 0 Å². The summed E-state index contributed by atoms with van der Waals surface area (Å²) in [5, 5.41) is 22.6. The van der Waals surface area contributed by atoms with Gasteiger partial charge in [-0.1, -0.05) is 24.3 Å². The van der Waals surface area contributed by atoms with Gasteiger partial charge >= 0.3 is 0 Å². The molecule has 4 aromatic heterocycles. The number of aryl methyl sites for hydroxylation is 1. The predicted octanol–water partition coefficient (Wildman–Crippen LogP) is 3.50. The number of anilines is 1. The van der Waals surface area contributed by atoms with Crippen LogP contribution in [-0.2, 0) is 13.6 Å². The molecule has 12 nitrogen and oxygen atoms in total. The summed E-state index contributed by atoms with van der Waals surface area (Å²) >= 11 is 0. The number of nitrogens with one attached hydrogen (secondary N) is 1. The Morgan fingerprint density at radius 1 is 1.05 bits per heavy atom. The molecule has 0 aliphatic carbocycles. The summed E-state index contributed by atoms with van der Waals surface area (Å²) in [5.74, 6) is 0.497. The van der Waals surface area contributed by atoms with Gasteiger partial charge in [-0.3, -0.25) is 9.48 Å². The Hall–Kier alpha value is -5.39. The van der Waals surface area contributed by atoms with Crippen molar-refractivity contribution in [2.75, 3.05) is 5.32 Å². The molecule has 0 aliphatic heterocycles. The van der Waals surface area contributed by atoms with Crippen LogP contribution in [0.25, 0.3) is 28.0 Å². The molecule has 1 N–H and O–H groups in total. The van der Waals surface area contributed by atoms with Crippen LogP contribution in [0.15, 0.2) is 85.7 Å². The van der Waals surface area contributed by atoms with Crippen molar-refractivity contribution in [3.63, 3.8) is 0 Å². The van der Waals surface area contributed by atoms with Crippen LogP contribution in [0.3, 0.4) is 0 Å². The Balaban J connectivity index is 1.25. The Kier molecular flexibility index (Phi) is 6.25. The number of carbonyl (C=O) groups is 1. The number of hydrogen-bond donors (Lipinski definition) is 1. The second kappa shape index (κ2) is 10.2. The van der Waals surface area contributed by atoms with E-state index in [9.17, 15) is 4.79 Å². The minimum Gasteiger partial charge on any atom is -0.489 e. The van der Waals surface area contributed by atoms with Crippen molar-refractivity contribution in [3.05, 3.63) is 91.3 Å². The molecule has 0 bridgehead atoms. The van der Waals surface area contributed by atoms with Gasteiger partial charge in [0.1, 0.15) is 18.2 Å². The first kappa shape index (κ1) is 24.0. The molecule has 6 aromatic rings. The van der Waals surface area contributed by atoms with Gasteiger partial charge in [-0.2, -0.15) is 10.2 Å². The third-order valence-corrected chi connectivity index (χ3v) is 6.07. The predicted molar refractivity (Wildman–Crippen MR) is 143 cm³/mol. The average molecular weight is 521 g/mol. The summed E-state index contributed by atoms with van der Waals surface area (Å²) in [5.41, 5.74) is 5.15. The van der Waals surface area contributed by atoms with Gasteiger partial charge in [-0.05, 0) is 53.2 Å². The minimum absolute atomic E-state index is 0.136. The number of fused-ring (bicyclic) bond motifs is 1. The van der Waals surface area contributed by atoms with Crippen molar-refractivity contribution < 1.29 is 9.53 Å². The van der Waals surface area contributed by atoms with Crippen LogP contribution in [-0.4, -0.2) is 56.6 Å². The fraction of sp³-hybridized carbons (Fsp3) is 0.148. The maximum atomic E-state index is 12.8. The SMILES string of the molecule is C[C@@H](Cn1cnnn1)Oc1cccc(-c2ccn3ncc(-c4cccc(C(=O)Nc5cnn(C)c5)c4)c3n2)c1. The first-order chi connectivity index (χ1) is 19.0. The van der Waals surface area contributed by atoms with Crippen LogP contribution < -0.4 is 10.1 Å². The van der Waals surface area contributed by atoms with E-state index in [1.54, 1.807) is 51.9 Å². The molecule has 0 saturated carbocycles. The van der Waals surface area contributed by atoms with Crippen LogP contribution in [0, 0.1) is 0 Å². The molecule has 0 saturated heterocycles. The van der Waals surface area contributed by atoms with Crippen molar-refractivity contribution >= 4 is 17.2 Å². The number of benzene rings is 2. The first-order valence-corrected chi connectivity index (χ1v) is 12.2. The van der Waals surface area contributed by atoms with E-state index in [1.807, 2.05) is 61.7 Å². The van der Waals surface area contributed by atoms with E-state index in [0.29, 0.717) is 23.4 Å². The summed E-state index contributed by atoms with van der Waals surface area (Å²) in [6, 6.07) is 17.1. The molecule has 194 valence electrons. The Morgan fingerprint density at radius 3 is 2.74 bits per heavy atom.